The summed E-state index contributed by atoms with van der Waals surface area (Å²) in [6, 6.07) is 6.88. The smallest absolute Gasteiger partial charge is 0.270 e. The number of benzene rings is 1. The van der Waals surface area contributed by atoms with E-state index in [1.54, 1.807) is 6.07 Å². The summed E-state index contributed by atoms with van der Waals surface area (Å²) in [5.41, 5.74) is 5.90. The molecule has 106 valence electrons. The van der Waals surface area contributed by atoms with Gasteiger partial charge in [-0.3, -0.25) is 4.79 Å². The molecule has 5 nitrogen and oxygen atoms in total. The molecular formula is C13H13BrClN3O2. The van der Waals surface area contributed by atoms with Crippen LogP contribution in [-0.2, 0) is 6.54 Å². The Labute approximate surface area is 129 Å². The minimum absolute atomic E-state index is 0.251. The van der Waals surface area contributed by atoms with Gasteiger partial charge in [-0.2, -0.15) is 5.10 Å². The zero-order chi connectivity index (χ0) is 14.5. The van der Waals surface area contributed by atoms with Crippen molar-refractivity contribution in [3.05, 3.63) is 55.9 Å². The van der Waals surface area contributed by atoms with E-state index in [9.17, 15) is 4.79 Å². The maximum Gasteiger partial charge on any atom is 0.270 e. The molecule has 0 aliphatic carbocycles. The molecule has 0 unspecified atom stereocenters. The van der Waals surface area contributed by atoms with Crippen molar-refractivity contribution < 1.29 is 4.74 Å². The van der Waals surface area contributed by atoms with Crippen LogP contribution in [-0.4, -0.2) is 22.9 Å². The molecule has 0 aliphatic rings. The largest absolute Gasteiger partial charge is 0.490 e. The number of aromatic nitrogens is 2. The molecule has 7 heteroatoms. The summed E-state index contributed by atoms with van der Waals surface area (Å²) in [6.45, 7) is 1.05. The van der Waals surface area contributed by atoms with Gasteiger partial charge in [-0.25, -0.2) is 4.68 Å². The fraction of sp³-hybridized carbons (Fsp3) is 0.231. The molecule has 0 bridgehead atoms. The van der Waals surface area contributed by atoms with E-state index >= 15 is 0 Å². The molecule has 20 heavy (non-hydrogen) atoms. The Morgan fingerprint density at radius 3 is 2.85 bits per heavy atom. The molecule has 0 saturated heterocycles. The van der Waals surface area contributed by atoms with E-state index < -0.39 is 0 Å². The lowest BCUT2D eigenvalue weighted by Crippen LogP contribution is -2.23. The van der Waals surface area contributed by atoms with E-state index in [2.05, 4.69) is 21.0 Å². The summed E-state index contributed by atoms with van der Waals surface area (Å²) in [6.07, 6.45) is 1.49. The zero-order valence-electron chi connectivity index (χ0n) is 10.6. The topological polar surface area (TPSA) is 70.1 Å². The fourth-order valence-corrected chi connectivity index (χ4v) is 2.34. The van der Waals surface area contributed by atoms with Crippen molar-refractivity contribution in [2.75, 3.05) is 13.2 Å². The van der Waals surface area contributed by atoms with Gasteiger partial charge in [0.1, 0.15) is 12.4 Å². The lowest BCUT2D eigenvalue weighted by molar-refractivity contribution is 0.324. The van der Waals surface area contributed by atoms with Gasteiger partial charge in [0.25, 0.3) is 5.56 Å². The van der Waals surface area contributed by atoms with Crippen LogP contribution in [0.5, 0.6) is 5.75 Å². The van der Waals surface area contributed by atoms with Gasteiger partial charge in [0.15, 0.2) is 0 Å². The quantitative estimate of drug-likeness (QED) is 0.888. The van der Waals surface area contributed by atoms with Crippen molar-refractivity contribution in [3.63, 3.8) is 0 Å². The Morgan fingerprint density at radius 1 is 1.40 bits per heavy atom. The third kappa shape index (κ3) is 3.82. The third-order valence-corrected chi connectivity index (χ3v) is 3.41. The third-order valence-electron chi connectivity index (χ3n) is 2.57. The van der Waals surface area contributed by atoms with Crippen LogP contribution in [0.25, 0.3) is 0 Å². The molecule has 2 aromatic rings. The van der Waals surface area contributed by atoms with Crippen LogP contribution in [0.15, 0.2) is 39.7 Å². The summed E-state index contributed by atoms with van der Waals surface area (Å²) < 4.78 is 7.46. The highest BCUT2D eigenvalue weighted by molar-refractivity contribution is 9.10. The first-order valence-electron chi connectivity index (χ1n) is 5.94. The number of hydrogen-bond acceptors (Lipinski definition) is 4. The highest BCUT2D eigenvalue weighted by Crippen LogP contribution is 2.21. The second kappa shape index (κ2) is 6.88. The SMILES string of the molecule is NCCOc1cnn(Cc2ccc(Br)cc2Cl)c(=O)c1. The van der Waals surface area contributed by atoms with E-state index in [0.29, 0.717) is 30.5 Å². The molecule has 0 amide bonds. The molecule has 0 atom stereocenters. The molecule has 1 aromatic carbocycles. The lowest BCUT2D eigenvalue weighted by Gasteiger charge is -2.08. The normalized spacial score (nSPS) is 10.6. The highest BCUT2D eigenvalue weighted by Gasteiger charge is 2.06. The number of rotatable bonds is 5. The lowest BCUT2D eigenvalue weighted by atomic mass is 10.2. The maximum atomic E-state index is 11.9. The average Bonchev–Trinajstić information content (AvgIpc) is 2.42. The van der Waals surface area contributed by atoms with E-state index in [0.717, 1.165) is 10.0 Å². The predicted octanol–water partition coefficient (Wildman–Crippen LogP) is 2.04. The average molecular weight is 359 g/mol. The van der Waals surface area contributed by atoms with Crippen LogP contribution >= 0.6 is 27.5 Å². The van der Waals surface area contributed by atoms with Crippen LogP contribution in [0.1, 0.15) is 5.56 Å². The first kappa shape index (κ1) is 15.0. The monoisotopic (exact) mass is 357 g/mol. The number of halogens is 2. The molecule has 1 heterocycles. The molecule has 0 spiro atoms. The van der Waals surface area contributed by atoms with E-state index in [4.69, 9.17) is 22.1 Å². The summed E-state index contributed by atoms with van der Waals surface area (Å²) in [4.78, 5) is 11.9. The van der Waals surface area contributed by atoms with Gasteiger partial charge in [-0.15, -0.1) is 0 Å². The molecule has 0 fully saturated rings. The number of nitrogens with two attached hydrogens (primary N) is 1. The summed E-state index contributed by atoms with van der Waals surface area (Å²) in [5, 5.41) is 4.64. The van der Waals surface area contributed by atoms with Crippen molar-refractivity contribution in [3.8, 4) is 5.75 Å². The number of ether oxygens (including phenoxy) is 1. The van der Waals surface area contributed by atoms with Crippen LogP contribution < -0.4 is 16.0 Å². The Hall–Kier alpha value is -1.37. The summed E-state index contributed by atoms with van der Waals surface area (Å²) >= 11 is 9.45. The summed E-state index contributed by atoms with van der Waals surface area (Å²) in [7, 11) is 0. The molecule has 0 aliphatic heterocycles. The van der Waals surface area contributed by atoms with Gasteiger partial charge in [0, 0.05) is 22.1 Å². The van der Waals surface area contributed by atoms with Crippen molar-refractivity contribution >= 4 is 27.5 Å². The van der Waals surface area contributed by atoms with E-state index in [1.807, 2.05) is 12.1 Å². The van der Waals surface area contributed by atoms with Gasteiger partial charge >= 0.3 is 0 Å². The first-order chi connectivity index (χ1) is 9.60. The molecular weight excluding hydrogens is 346 g/mol. The van der Waals surface area contributed by atoms with Crippen LogP contribution in [0.2, 0.25) is 5.02 Å². The van der Waals surface area contributed by atoms with Crippen molar-refractivity contribution in [1.82, 2.24) is 9.78 Å². The standard InChI is InChI=1S/C13H13BrClN3O2/c14-10-2-1-9(12(15)5-10)8-18-13(19)6-11(7-17-18)20-4-3-16/h1-2,5-7H,3-4,8,16H2. The van der Waals surface area contributed by atoms with Crippen LogP contribution in [0.4, 0.5) is 0 Å². The molecule has 2 N–H and O–H groups in total. The Morgan fingerprint density at radius 2 is 2.20 bits per heavy atom. The molecule has 0 radical (unpaired) electrons. The zero-order valence-corrected chi connectivity index (χ0v) is 12.9. The Bertz CT molecular complexity index is 660. The maximum absolute atomic E-state index is 11.9. The second-order valence-electron chi connectivity index (χ2n) is 4.06. The fourth-order valence-electron chi connectivity index (χ4n) is 1.60. The molecule has 2 rings (SSSR count). The van der Waals surface area contributed by atoms with Crippen LogP contribution in [0, 0.1) is 0 Å². The van der Waals surface area contributed by atoms with E-state index in [1.165, 1.54) is 16.9 Å². The Balaban J connectivity index is 2.19. The molecule has 1 aromatic heterocycles. The Kier molecular flexibility index (Phi) is 5.17. The minimum atomic E-state index is -0.251. The van der Waals surface area contributed by atoms with Gasteiger partial charge in [0.2, 0.25) is 0 Å². The molecule has 0 saturated carbocycles. The van der Waals surface area contributed by atoms with E-state index in [-0.39, 0.29) is 5.56 Å². The van der Waals surface area contributed by atoms with Crippen LogP contribution in [0.3, 0.4) is 0 Å². The minimum Gasteiger partial charge on any atom is -0.490 e. The van der Waals surface area contributed by atoms with Gasteiger partial charge in [0.05, 0.1) is 12.7 Å². The van der Waals surface area contributed by atoms with Crippen molar-refractivity contribution in [2.24, 2.45) is 5.73 Å². The van der Waals surface area contributed by atoms with Crippen molar-refractivity contribution in [2.45, 2.75) is 6.54 Å². The predicted molar refractivity (Wildman–Crippen MR) is 81.3 cm³/mol. The first-order valence-corrected chi connectivity index (χ1v) is 7.11. The summed E-state index contributed by atoms with van der Waals surface area (Å²) in [5.74, 6) is 0.415. The highest BCUT2D eigenvalue weighted by atomic mass is 79.9. The van der Waals surface area contributed by atoms with Crippen molar-refractivity contribution in [1.29, 1.82) is 0 Å². The number of nitrogens with zero attached hydrogens (tertiary/aromatic N) is 2. The number of hydrogen-bond donors (Lipinski definition) is 1. The second-order valence-corrected chi connectivity index (χ2v) is 5.38. The van der Waals surface area contributed by atoms with Gasteiger partial charge < -0.3 is 10.5 Å². The van der Waals surface area contributed by atoms with Gasteiger partial charge in [-0.05, 0) is 17.7 Å². The van der Waals surface area contributed by atoms with Gasteiger partial charge in [-0.1, -0.05) is 33.6 Å².